The van der Waals surface area contributed by atoms with Crippen molar-refractivity contribution in [3.05, 3.63) is 64.0 Å². The van der Waals surface area contributed by atoms with Crippen molar-refractivity contribution in [2.24, 2.45) is 4.99 Å². The standard InChI is InChI=1S/C22H19NO7S/c1-3-17(24)23-20-18(22(28)29-4-2)19(25)16(31-20)11-14-8-9-15(30-14)12-6-5-7-13(10-12)21(26)27/h5-11,25H,3-4H2,1-2H3,(H,26,27)/b16-11-,23-20?. The number of hydrogen-bond donors (Lipinski definition) is 2. The van der Waals surface area contributed by atoms with Gasteiger partial charge in [-0.05, 0) is 37.3 Å². The number of aliphatic hydroxyl groups excluding tert-OH is 1. The number of benzene rings is 1. The minimum Gasteiger partial charge on any atom is -0.506 e. The molecule has 2 aromatic rings. The summed E-state index contributed by atoms with van der Waals surface area (Å²) in [5, 5.41) is 19.8. The van der Waals surface area contributed by atoms with Gasteiger partial charge in [0.1, 0.15) is 27.9 Å². The number of carboxylic acid groups (broad SMARTS) is 1. The first kappa shape index (κ1) is 22.1. The van der Waals surface area contributed by atoms with E-state index in [2.05, 4.69) is 4.99 Å². The van der Waals surface area contributed by atoms with Gasteiger partial charge >= 0.3 is 11.9 Å². The predicted molar refractivity (Wildman–Crippen MR) is 116 cm³/mol. The summed E-state index contributed by atoms with van der Waals surface area (Å²) in [6.45, 7) is 3.37. The molecule has 0 fully saturated rings. The fraction of sp³-hybridized carbons (Fsp3) is 0.182. The molecule has 0 aliphatic carbocycles. The van der Waals surface area contributed by atoms with Gasteiger partial charge in [0.25, 0.3) is 0 Å². The van der Waals surface area contributed by atoms with Gasteiger partial charge < -0.3 is 19.4 Å². The van der Waals surface area contributed by atoms with Gasteiger partial charge in [0.05, 0.1) is 17.1 Å². The van der Waals surface area contributed by atoms with Crippen molar-refractivity contribution in [1.82, 2.24) is 0 Å². The molecule has 9 heteroatoms. The smallest absolute Gasteiger partial charge is 0.344 e. The van der Waals surface area contributed by atoms with Gasteiger partial charge in [0, 0.05) is 12.0 Å². The number of aliphatic imine (C=N–C) groups is 1. The molecule has 0 radical (unpaired) electrons. The Hall–Kier alpha value is -3.59. The molecule has 1 amide bonds. The number of thioether (sulfide) groups is 1. The second kappa shape index (κ2) is 9.48. The third-order valence-electron chi connectivity index (χ3n) is 4.19. The highest BCUT2D eigenvalue weighted by atomic mass is 32.2. The van der Waals surface area contributed by atoms with E-state index in [1.165, 1.54) is 18.2 Å². The van der Waals surface area contributed by atoms with Gasteiger partial charge in [-0.25, -0.2) is 14.6 Å². The van der Waals surface area contributed by atoms with E-state index in [0.717, 1.165) is 11.8 Å². The number of furan rings is 1. The van der Waals surface area contributed by atoms with Crippen LogP contribution >= 0.6 is 11.8 Å². The maximum absolute atomic E-state index is 12.3. The van der Waals surface area contributed by atoms with Gasteiger partial charge in [-0.2, -0.15) is 0 Å². The molecular weight excluding hydrogens is 422 g/mol. The lowest BCUT2D eigenvalue weighted by atomic mass is 10.1. The highest BCUT2D eigenvalue weighted by Gasteiger charge is 2.33. The lowest BCUT2D eigenvalue weighted by Gasteiger charge is -2.02. The number of aliphatic hydroxyl groups is 1. The number of nitrogens with zero attached hydrogens (tertiary/aromatic N) is 1. The molecule has 1 aliphatic rings. The average molecular weight is 441 g/mol. The van der Waals surface area contributed by atoms with Crippen molar-refractivity contribution in [3.63, 3.8) is 0 Å². The Labute approximate surface area is 181 Å². The van der Waals surface area contributed by atoms with Crippen LogP contribution in [0.1, 0.15) is 36.4 Å². The van der Waals surface area contributed by atoms with Crippen LogP contribution in [0.3, 0.4) is 0 Å². The van der Waals surface area contributed by atoms with Gasteiger partial charge in [0.15, 0.2) is 0 Å². The SMILES string of the molecule is CCOC(=O)C1=C(O)/C(=C/c2ccc(-c3cccc(C(=O)O)c3)o2)SC1=NC(=O)CC. The highest BCUT2D eigenvalue weighted by Crippen LogP contribution is 2.39. The summed E-state index contributed by atoms with van der Waals surface area (Å²) in [7, 11) is 0. The molecule has 1 aromatic heterocycles. The van der Waals surface area contributed by atoms with E-state index in [1.54, 1.807) is 38.1 Å². The Balaban J connectivity index is 1.96. The third-order valence-corrected chi connectivity index (χ3v) is 5.21. The molecule has 31 heavy (non-hydrogen) atoms. The monoisotopic (exact) mass is 441 g/mol. The summed E-state index contributed by atoms with van der Waals surface area (Å²) in [5.41, 5.74) is 0.536. The van der Waals surface area contributed by atoms with Crippen molar-refractivity contribution in [3.8, 4) is 11.3 Å². The maximum atomic E-state index is 12.3. The van der Waals surface area contributed by atoms with E-state index in [9.17, 15) is 19.5 Å². The summed E-state index contributed by atoms with van der Waals surface area (Å²) < 4.78 is 10.7. The van der Waals surface area contributed by atoms with Crippen molar-refractivity contribution < 1.29 is 33.8 Å². The predicted octanol–water partition coefficient (Wildman–Crippen LogP) is 4.44. The first-order valence-corrected chi connectivity index (χ1v) is 10.2. The second-order valence-electron chi connectivity index (χ2n) is 6.31. The average Bonchev–Trinajstić information content (AvgIpc) is 3.33. The molecule has 3 rings (SSSR count). The number of esters is 1. The number of aromatic carboxylic acids is 1. The molecule has 8 nitrogen and oxygen atoms in total. The molecule has 2 heterocycles. The summed E-state index contributed by atoms with van der Waals surface area (Å²) in [6, 6.07) is 9.59. The first-order valence-electron chi connectivity index (χ1n) is 9.39. The van der Waals surface area contributed by atoms with Gasteiger partial charge in [0.2, 0.25) is 5.91 Å². The number of carboxylic acids is 1. The van der Waals surface area contributed by atoms with Crippen LogP contribution < -0.4 is 0 Å². The van der Waals surface area contributed by atoms with E-state index in [4.69, 9.17) is 14.3 Å². The van der Waals surface area contributed by atoms with E-state index in [0.29, 0.717) is 17.1 Å². The summed E-state index contributed by atoms with van der Waals surface area (Å²) in [6.07, 6.45) is 1.65. The van der Waals surface area contributed by atoms with Crippen LogP contribution in [0.5, 0.6) is 0 Å². The zero-order valence-electron chi connectivity index (χ0n) is 16.7. The van der Waals surface area contributed by atoms with Crippen molar-refractivity contribution >= 4 is 40.7 Å². The molecular formula is C22H19NO7S. The fourth-order valence-electron chi connectivity index (χ4n) is 2.70. The fourth-order valence-corrected chi connectivity index (χ4v) is 3.72. The van der Waals surface area contributed by atoms with E-state index in [-0.39, 0.29) is 39.9 Å². The lowest BCUT2D eigenvalue weighted by Crippen LogP contribution is -2.14. The Morgan fingerprint density at radius 1 is 1.19 bits per heavy atom. The molecule has 0 bridgehead atoms. The molecule has 0 unspecified atom stereocenters. The van der Waals surface area contributed by atoms with E-state index in [1.807, 2.05) is 0 Å². The number of hydrogen-bond acceptors (Lipinski definition) is 7. The molecule has 0 spiro atoms. The zero-order chi connectivity index (χ0) is 22.5. The number of carbonyl (C=O) groups is 3. The quantitative estimate of drug-likeness (QED) is 0.630. The number of ether oxygens (including phenoxy) is 1. The van der Waals surface area contributed by atoms with Crippen molar-refractivity contribution in [2.45, 2.75) is 20.3 Å². The normalized spacial score (nSPS) is 16.2. The molecule has 0 atom stereocenters. The van der Waals surface area contributed by atoms with Crippen LogP contribution in [-0.2, 0) is 14.3 Å². The topological polar surface area (TPSA) is 126 Å². The lowest BCUT2D eigenvalue weighted by molar-refractivity contribution is -0.138. The first-order chi connectivity index (χ1) is 14.8. The van der Waals surface area contributed by atoms with E-state index < -0.39 is 17.8 Å². The van der Waals surface area contributed by atoms with Crippen LogP contribution in [0.15, 0.2) is 62.0 Å². The summed E-state index contributed by atoms with van der Waals surface area (Å²) in [5.74, 6) is -1.82. The zero-order valence-corrected chi connectivity index (χ0v) is 17.6. The van der Waals surface area contributed by atoms with Crippen LogP contribution in [0, 0.1) is 0 Å². The molecule has 0 saturated heterocycles. The van der Waals surface area contributed by atoms with Gasteiger partial charge in [-0.1, -0.05) is 30.8 Å². The number of rotatable bonds is 6. The minimum absolute atomic E-state index is 0.0648. The number of carbonyl (C=O) groups excluding carboxylic acids is 2. The minimum atomic E-state index is -1.05. The molecule has 160 valence electrons. The number of amides is 1. The summed E-state index contributed by atoms with van der Waals surface area (Å²) >= 11 is 0.959. The Kier molecular flexibility index (Phi) is 6.76. The maximum Gasteiger partial charge on any atom is 0.344 e. The van der Waals surface area contributed by atoms with Crippen LogP contribution in [0.2, 0.25) is 0 Å². The van der Waals surface area contributed by atoms with Crippen LogP contribution in [0.4, 0.5) is 0 Å². The van der Waals surface area contributed by atoms with Gasteiger partial charge in [-0.15, -0.1) is 0 Å². The molecule has 0 saturated carbocycles. The summed E-state index contributed by atoms with van der Waals surface area (Å²) in [4.78, 5) is 39.4. The van der Waals surface area contributed by atoms with Crippen LogP contribution in [0.25, 0.3) is 17.4 Å². The third kappa shape index (κ3) is 4.95. The second-order valence-corrected chi connectivity index (χ2v) is 7.34. The van der Waals surface area contributed by atoms with Crippen molar-refractivity contribution in [2.75, 3.05) is 6.61 Å². The van der Waals surface area contributed by atoms with E-state index >= 15 is 0 Å². The van der Waals surface area contributed by atoms with Gasteiger partial charge in [-0.3, -0.25) is 4.79 Å². The van der Waals surface area contributed by atoms with Crippen LogP contribution in [-0.4, -0.2) is 39.7 Å². The molecule has 1 aliphatic heterocycles. The van der Waals surface area contributed by atoms with Crippen molar-refractivity contribution in [1.29, 1.82) is 0 Å². The molecule has 2 N–H and O–H groups in total. The largest absolute Gasteiger partial charge is 0.506 e. The Morgan fingerprint density at radius 3 is 2.65 bits per heavy atom. The molecule has 1 aromatic carbocycles. The Bertz CT molecular complexity index is 1140. The highest BCUT2D eigenvalue weighted by molar-refractivity contribution is 8.18. The Morgan fingerprint density at radius 2 is 1.97 bits per heavy atom.